The van der Waals surface area contributed by atoms with Crippen LogP contribution in [0.3, 0.4) is 0 Å². The van der Waals surface area contributed by atoms with E-state index in [0.717, 1.165) is 25.9 Å². The first kappa shape index (κ1) is 11.5. The zero-order valence-corrected chi connectivity index (χ0v) is 9.47. The van der Waals surface area contributed by atoms with E-state index < -0.39 is 0 Å². The number of hydrogen-bond acceptors (Lipinski definition) is 2. The summed E-state index contributed by atoms with van der Waals surface area (Å²) in [7, 11) is 0. The SMILES string of the molecule is CCCC(C)NC(=O)C1CNCC1C. The Hall–Kier alpha value is -0.570. The monoisotopic (exact) mass is 198 g/mol. The quantitative estimate of drug-likeness (QED) is 0.711. The Kier molecular flexibility index (Phi) is 4.39. The molecule has 0 saturated carbocycles. The first-order valence-electron chi connectivity index (χ1n) is 5.66. The van der Waals surface area contributed by atoms with Gasteiger partial charge in [-0.15, -0.1) is 0 Å². The van der Waals surface area contributed by atoms with Crippen molar-refractivity contribution in [1.29, 1.82) is 0 Å². The van der Waals surface area contributed by atoms with Gasteiger partial charge in [-0.25, -0.2) is 0 Å². The van der Waals surface area contributed by atoms with Gasteiger partial charge < -0.3 is 10.6 Å². The second-order valence-electron chi connectivity index (χ2n) is 4.44. The summed E-state index contributed by atoms with van der Waals surface area (Å²) in [6.45, 7) is 8.16. The van der Waals surface area contributed by atoms with Gasteiger partial charge in [-0.3, -0.25) is 4.79 Å². The summed E-state index contributed by atoms with van der Waals surface area (Å²) in [5.74, 6) is 0.876. The van der Waals surface area contributed by atoms with Gasteiger partial charge in [0.25, 0.3) is 0 Å². The molecule has 14 heavy (non-hydrogen) atoms. The van der Waals surface area contributed by atoms with Gasteiger partial charge in [-0.05, 0) is 25.8 Å². The third-order valence-corrected chi connectivity index (χ3v) is 2.96. The third-order valence-electron chi connectivity index (χ3n) is 2.96. The summed E-state index contributed by atoms with van der Waals surface area (Å²) >= 11 is 0. The molecule has 1 aliphatic heterocycles. The number of amides is 1. The van der Waals surface area contributed by atoms with E-state index in [9.17, 15) is 4.79 Å². The number of carbonyl (C=O) groups excluding carboxylic acids is 1. The fourth-order valence-electron chi connectivity index (χ4n) is 2.02. The molecule has 0 radical (unpaired) electrons. The summed E-state index contributed by atoms with van der Waals surface area (Å²) in [5, 5.41) is 6.32. The molecule has 2 N–H and O–H groups in total. The van der Waals surface area contributed by atoms with Gasteiger partial charge in [-0.2, -0.15) is 0 Å². The van der Waals surface area contributed by atoms with Crippen LogP contribution in [0.2, 0.25) is 0 Å². The van der Waals surface area contributed by atoms with Crippen LogP contribution >= 0.6 is 0 Å². The molecule has 3 atom stereocenters. The van der Waals surface area contributed by atoms with E-state index in [1.807, 2.05) is 0 Å². The van der Waals surface area contributed by atoms with Crippen LogP contribution in [-0.2, 0) is 4.79 Å². The average Bonchev–Trinajstić information content (AvgIpc) is 2.51. The van der Waals surface area contributed by atoms with Crippen LogP contribution in [0.15, 0.2) is 0 Å². The topological polar surface area (TPSA) is 41.1 Å². The average molecular weight is 198 g/mol. The maximum absolute atomic E-state index is 11.8. The normalized spacial score (nSPS) is 28.8. The lowest BCUT2D eigenvalue weighted by Crippen LogP contribution is -2.39. The molecule has 3 heteroatoms. The van der Waals surface area contributed by atoms with Gasteiger partial charge in [0.05, 0.1) is 5.92 Å². The number of rotatable bonds is 4. The lowest BCUT2D eigenvalue weighted by Gasteiger charge is -2.18. The first-order valence-corrected chi connectivity index (χ1v) is 5.66. The molecule has 0 aromatic heterocycles. The molecule has 0 aliphatic carbocycles. The van der Waals surface area contributed by atoms with Crippen molar-refractivity contribution in [2.75, 3.05) is 13.1 Å². The van der Waals surface area contributed by atoms with E-state index in [-0.39, 0.29) is 11.8 Å². The van der Waals surface area contributed by atoms with E-state index in [4.69, 9.17) is 0 Å². The Morgan fingerprint density at radius 2 is 2.29 bits per heavy atom. The minimum absolute atomic E-state index is 0.175. The molecule has 3 nitrogen and oxygen atoms in total. The van der Waals surface area contributed by atoms with Crippen molar-refractivity contribution in [3.8, 4) is 0 Å². The molecule has 82 valence electrons. The maximum Gasteiger partial charge on any atom is 0.224 e. The molecule has 1 fully saturated rings. The van der Waals surface area contributed by atoms with Crippen LogP contribution in [0, 0.1) is 11.8 Å². The predicted octanol–water partition coefficient (Wildman–Crippen LogP) is 1.15. The van der Waals surface area contributed by atoms with Gasteiger partial charge in [0.2, 0.25) is 5.91 Å². The minimum atomic E-state index is 0.175. The van der Waals surface area contributed by atoms with Gasteiger partial charge >= 0.3 is 0 Å². The molecule has 1 saturated heterocycles. The van der Waals surface area contributed by atoms with Crippen molar-refractivity contribution in [2.45, 2.75) is 39.7 Å². The minimum Gasteiger partial charge on any atom is -0.353 e. The Labute approximate surface area is 86.6 Å². The van der Waals surface area contributed by atoms with Crippen molar-refractivity contribution in [1.82, 2.24) is 10.6 Å². The molecule has 1 aliphatic rings. The molecule has 1 amide bonds. The van der Waals surface area contributed by atoms with Crippen LogP contribution in [-0.4, -0.2) is 25.0 Å². The standard InChI is InChI=1S/C11H22N2O/c1-4-5-9(3)13-11(14)10-7-12-6-8(10)2/h8-10,12H,4-7H2,1-3H3,(H,13,14). The van der Waals surface area contributed by atoms with Crippen molar-refractivity contribution in [3.05, 3.63) is 0 Å². The second kappa shape index (κ2) is 5.35. The summed E-state index contributed by atoms with van der Waals surface area (Å²) < 4.78 is 0. The highest BCUT2D eigenvalue weighted by Crippen LogP contribution is 2.16. The zero-order chi connectivity index (χ0) is 10.6. The lowest BCUT2D eigenvalue weighted by atomic mass is 9.97. The summed E-state index contributed by atoms with van der Waals surface area (Å²) in [6, 6.07) is 0.320. The van der Waals surface area contributed by atoms with Gasteiger partial charge in [0.15, 0.2) is 0 Å². The molecule has 3 unspecified atom stereocenters. The fourth-order valence-corrected chi connectivity index (χ4v) is 2.02. The second-order valence-corrected chi connectivity index (χ2v) is 4.44. The number of carbonyl (C=O) groups is 1. The third kappa shape index (κ3) is 2.98. The first-order chi connectivity index (χ1) is 6.65. The van der Waals surface area contributed by atoms with Gasteiger partial charge in [0.1, 0.15) is 0 Å². The summed E-state index contributed by atoms with van der Waals surface area (Å²) in [4.78, 5) is 11.8. The number of hydrogen-bond donors (Lipinski definition) is 2. The van der Waals surface area contributed by atoms with Crippen LogP contribution < -0.4 is 10.6 Å². The lowest BCUT2D eigenvalue weighted by molar-refractivity contribution is -0.126. The Morgan fingerprint density at radius 1 is 1.57 bits per heavy atom. The van der Waals surface area contributed by atoms with E-state index >= 15 is 0 Å². The largest absolute Gasteiger partial charge is 0.353 e. The maximum atomic E-state index is 11.8. The highest BCUT2D eigenvalue weighted by atomic mass is 16.2. The van der Waals surface area contributed by atoms with Crippen LogP contribution in [0.25, 0.3) is 0 Å². The molecule has 1 heterocycles. The molecule has 0 spiro atoms. The summed E-state index contributed by atoms with van der Waals surface area (Å²) in [5.41, 5.74) is 0. The van der Waals surface area contributed by atoms with Crippen molar-refractivity contribution < 1.29 is 4.79 Å². The van der Waals surface area contributed by atoms with E-state index in [2.05, 4.69) is 31.4 Å². The van der Waals surface area contributed by atoms with E-state index in [1.54, 1.807) is 0 Å². The highest BCUT2D eigenvalue weighted by molar-refractivity contribution is 5.79. The van der Waals surface area contributed by atoms with Gasteiger partial charge in [0, 0.05) is 12.6 Å². The van der Waals surface area contributed by atoms with Crippen molar-refractivity contribution in [3.63, 3.8) is 0 Å². The Morgan fingerprint density at radius 3 is 2.79 bits per heavy atom. The molecule has 0 aromatic rings. The number of nitrogens with one attached hydrogen (secondary N) is 2. The van der Waals surface area contributed by atoms with Crippen LogP contribution in [0.4, 0.5) is 0 Å². The molecular weight excluding hydrogens is 176 g/mol. The van der Waals surface area contributed by atoms with Gasteiger partial charge in [-0.1, -0.05) is 20.3 Å². The van der Waals surface area contributed by atoms with Crippen molar-refractivity contribution in [2.24, 2.45) is 11.8 Å². The fraction of sp³-hybridized carbons (Fsp3) is 0.909. The van der Waals surface area contributed by atoms with E-state index in [0.29, 0.717) is 12.0 Å². The zero-order valence-electron chi connectivity index (χ0n) is 9.47. The molecular formula is C11H22N2O. The summed E-state index contributed by atoms with van der Waals surface area (Å²) in [6.07, 6.45) is 2.19. The molecule has 0 bridgehead atoms. The Balaban J connectivity index is 2.33. The Bertz CT molecular complexity index is 194. The molecule has 1 rings (SSSR count). The molecule has 0 aromatic carbocycles. The highest BCUT2D eigenvalue weighted by Gasteiger charge is 2.29. The smallest absolute Gasteiger partial charge is 0.224 e. The van der Waals surface area contributed by atoms with E-state index in [1.165, 1.54) is 0 Å². The predicted molar refractivity (Wildman–Crippen MR) is 58.0 cm³/mol. The van der Waals surface area contributed by atoms with Crippen molar-refractivity contribution >= 4 is 5.91 Å². The van der Waals surface area contributed by atoms with Crippen LogP contribution in [0.1, 0.15) is 33.6 Å². The van der Waals surface area contributed by atoms with Crippen LogP contribution in [0.5, 0.6) is 0 Å².